The smallest absolute Gasteiger partial charge is 0.326 e. The van der Waals surface area contributed by atoms with E-state index in [0.717, 1.165) is 13.1 Å². The maximum absolute atomic E-state index is 12.5. The summed E-state index contributed by atoms with van der Waals surface area (Å²) in [6, 6.07) is -0.821. The normalized spacial score (nSPS) is 19.3. The number of aliphatic carboxylic acids is 1. The van der Waals surface area contributed by atoms with E-state index < -0.39 is 17.4 Å². The first-order valence-corrected chi connectivity index (χ1v) is 8.17. The van der Waals surface area contributed by atoms with Crippen molar-refractivity contribution in [1.29, 1.82) is 0 Å². The average molecular weight is 304 g/mol. The third kappa shape index (κ3) is 4.64. The molecule has 0 aromatic heterocycles. The molecule has 20 heavy (non-hydrogen) atoms. The van der Waals surface area contributed by atoms with Crippen LogP contribution in [0.5, 0.6) is 0 Å². The molecule has 7 heteroatoms. The highest BCUT2D eigenvalue weighted by Crippen LogP contribution is 2.29. The quantitative estimate of drug-likeness (QED) is 0.599. The van der Waals surface area contributed by atoms with Crippen LogP contribution in [0.3, 0.4) is 0 Å². The van der Waals surface area contributed by atoms with E-state index in [1.807, 2.05) is 6.26 Å². The largest absolute Gasteiger partial charge is 0.480 e. The molecule has 0 bridgehead atoms. The van der Waals surface area contributed by atoms with Gasteiger partial charge in [0.25, 0.3) is 0 Å². The van der Waals surface area contributed by atoms with E-state index in [2.05, 4.69) is 10.6 Å². The molecule has 6 nitrogen and oxygen atoms in total. The molecule has 3 N–H and O–H groups in total. The number of hydrogen-bond donors (Lipinski definition) is 3. The van der Waals surface area contributed by atoms with Gasteiger partial charge in [-0.3, -0.25) is 4.79 Å². The van der Waals surface area contributed by atoms with Crippen molar-refractivity contribution >= 4 is 23.6 Å². The van der Waals surface area contributed by atoms with Crippen LogP contribution in [-0.4, -0.2) is 61.8 Å². The number of carboxylic acid groups (broad SMARTS) is 1. The van der Waals surface area contributed by atoms with Gasteiger partial charge < -0.3 is 20.5 Å². The zero-order valence-electron chi connectivity index (χ0n) is 12.1. The zero-order chi connectivity index (χ0) is 15.0. The molecule has 0 saturated carbocycles. The second-order valence-electron chi connectivity index (χ2n) is 5.11. The van der Waals surface area contributed by atoms with Crippen LogP contribution in [0.1, 0.15) is 19.3 Å². The molecule has 0 aromatic rings. The lowest BCUT2D eigenvalue weighted by Gasteiger charge is -2.36. The standard InChI is InChI=1S/C13H24N2O4S/c1-19-9-13(4-6-14-7-5-13)12(18)15-10(11(16)17)3-8-20-2/h10,14H,3-9H2,1-2H3,(H,15,18)(H,16,17). The number of carbonyl (C=O) groups is 2. The van der Waals surface area contributed by atoms with Gasteiger partial charge in [0.15, 0.2) is 0 Å². The van der Waals surface area contributed by atoms with E-state index in [-0.39, 0.29) is 5.91 Å². The summed E-state index contributed by atoms with van der Waals surface area (Å²) < 4.78 is 5.19. The number of thioether (sulfide) groups is 1. The summed E-state index contributed by atoms with van der Waals surface area (Å²) in [5, 5.41) is 15.1. The van der Waals surface area contributed by atoms with Crippen molar-refractivity contribution < 1.29 is 19.4 Å². The molecular formula is C13H24N2O4S. The predicted octanol–water partition coefficient (Wildman–Crippen LogP) is 0.325. The Morgan fingerprint density at radius 2 is 2.10 bits per heavy atom. The van der Waals surface area contributed by atoms with Crippen LogP contribution in [0.2, 0.25) is 0 Å². The molecule has 1 atom stereocenters. The molecule has 1 unspecified atom stereocenters. The second kappa shape index (κ2) is 8.49. The molecule has 0 spiro atoms. The lowest BCUT2D eigenvalue weighted by atomic mass is 9.78. The lowest BCUT2D eigenvalue weighted by molar-refractivity contribution is -0.146. The van der Waals surface area contributed by atoms with Crippen LogP contribution in [0.15, 0.2) is 0 Å². The first-order valence-electron chi connectivity index (χ1n) is 6.78. The Morgan fingerprint density at radius 3 is 2.60 bits per heavy atom. The third-order valence-corrected chi connectivity index (χ3v) is 4.32. The zero-order valence-corrected chi connectivity index (χ0v) is 12.9. The Bertz CT molecular complexity index is 327. The maximum atomic E-state index is 12.5. The Kier molecular flexibility index (Phi) is 7.32. The molecule has 0 radical (unpaired) electrons. The molecular weight excluding hydrogens is 280 g/mol. The van der Waals surface area contributed by atoms with Gasteiger partial charge in [0, 0.05) is 7.11 Å². The summed E-state index contributed by atoms with van der Waals surface area (Å²) in [4.78, 5) is 23.7. The summed E-state index contributed by atoms with van der Waals surface area (Å²) >= 11 is 1.57. The molecule has 1 saturated heterocycles. The first-order chi connectivity index (χ1) is 9.55. The van der Waals surface area contributed by atoms with Crippen molar-refractivity contribution in [3.05, 3.63) is 0 Å². The van der Waals surface area contributed by atoms with Crippen LogP contribution in [-0.2, 0) is 14.3 Å². The summed E-state index contributed by atoms with van der Waals surface area (Å²) in [6.07, 6.45) is 3.69. The fourth-order valence-corrected chi connectivity index (χ4v) is 2.89. The topological polar surface area (TPSA) is 87.7 Å². The summed E-state index contributed by atoms with van der Waals surface area (Å²) in [5.41, 5.74) is -0.604. The van der Waals surface area contributed by atoms with Crippen LogP contribution >= 0.6 is 11.8 Å². The van der Waals surface area contributed by atoms with Crippen LogP contribution in [0.25, 0.3) is 0 Å². The van der Waals surface area contributed by atoms with E-state index >= 15 is 0 Å². The summed E-state index contributed by atoms with van der Waals surface area (Å²) in [7, 11) is 1.57. The molecule has 1 fully saturated rings. The monoisotopic (exact) mass is 304 g/mol. The van der Waals surface area contributed by atoms with Crippen molar-refractivity contribution in [2.45, 2.75) is 25.3 Å². The molecule has 1 rings (SSSR count). The van der Waals surface area contributed by atoms with E-state index in [9.17, 15) is 14.7 Å². The van der Waals surface area contributed by atoms with Crippen LogP contribution in [0.4, 0.5) is 0 Å². The van der Waals surface area contributed by atoms with Gasteiger partial charge in [0.2, 0.25) is 5.91 Å². The molecule has 1 heterocycles. The van der Waals surface area contributed by atoms with Gasteiger partial charge in [-0.15, -0.1) is 0 Å². The van der Waals surface area contributed by atoms with E-state index in [1.54, 1.807) is 18.9 Å². The number of carboxylic acids is 1. The number of amides is 1. The Balaban J connectivity index is 2.70. The molecule has 1 aliphatic rings. The highest BCUT2D eigenvalue weighted by molar-refractivity contribution is 7.98. The Hall–Kier alpha value is -0.790. The molecule has 1 amide bonds. The highest BCUT2D eigenvalue weighted by atomic mass is 32.2. The molecule has 0 aliphatic carbocycles. The number of nitrogens with one attached hydrogen (secondary N) is 2. The summed E-state index contributed by atoms with van der Waals surface area (Å²) in [6.45, 7) is 1.83. The number of methoxy groups -OCH3 is 1. The SMILES string of the molecule is COCC1(C(=O)NC(CCSC)C(=O)O)CCNCC1. The minimum absolute atomic E-state index is 0.200. The fourth-order valence-electron chi connectivity index (χ4n) is 2.42. The van der Waals surface area contributed by atoms with Gasteiger partial charge in [-0.25, -0.2) is 4.79 Å². The minimum Gasteiger partial charge on any atom is -0.480 e. The van der Waals surface area contributed by atoms with Gasteiger partial charge >= 0.3 is 5.97 Å². The third-order valence-electron chi connectivity index (χ3n) is 3.68. The van der Waals surface area contributed by atoms with Gasteiger partial charge in [0.05, 0.1) is 12.0 Å². The molecule has 0 aromatic carbocycles. The summed E-state index contributed by atoms with van der Waals surface area (Å²) in [5.74, 6) is -0.473. The first kappa shape index (κ1) is 17.3. The van der Waals surface area contributed by atoms with E-state index in [4.69, 9.17) is 4.74 Å². The van der Waals surface area contributed by atoms with Crippen molar-refractivity contribution in [3.8, 4) is 0 Å². The van der Waals surface area contributed by atoms with Crippen molar-refractivity contribution in [2.24, 2.45) is 5.41 Å². The van der Waals surface area contributed by atoms with Crippen LogP contribution in [0, 0.1) is 5.41 Å². The minimum atomic E-state index is -0.978. The van der Waals surface area contributed by atoms with Crippen molar-refractivity contribution in [2.75, 3.05) is 38.8 Å². The molecule has 1 aliphatic heterocycles. The average Bonchev–Trinajstić information content (AvgIpc) is 2.44. The van der Waals surface area contributed by atoms with Crippen molar-refractivity contribution in [1.82, 2.24) is 10.6 Å². The van der Waals surface area contributed by atoms with Crippen molar-refractivity contribution in [3.63, 3.8) is 0 Å². The number of ether oxygens (including phenoxy) is 1. The molecule has 116 valence electrons. The predicted molar refractivity (Wildman–Crippen MR) is 79.0 cm³/mol. The number of rotatable bonds is 8. The second-order valence-corrected chi connectivity index (χ2v) is 6.09. The fraction of sp³-hybridized carbons (Fsp3) is 0.846. The van der Waals surface area contributed by atoms with Gasteiger partial charge in [-0.05, 0) is 44.4 Å². The van der Waals surface area contributed by atoms with Gasteiger partial charge in [-0.2, -0.15) is 11.8 Å². The van der Waals surface area contributed by atoms with Gasteiger partial charge in [-0.1, -0.05) is 0 Å². The number of carbonyl (C=O) groups excluding carboxylic acids is 1. The van der Waals surface area contributed by atoms with Crippen LogP contribution < -0.4 is 10.6 Å². The lowest BCUT2D eigenvalue weighted by Crippen LogP contribution is -2.54. The van der Waals surface area contributed by atoms with Gasteiger partial charge in [0.1, 0.15) is 6.04 Å². The number of hydrogen-bond acceptors (Lipinski definition) is 5. The van der Waals surface area contributed by atoms with E-state index in [0.29, 0.717) is 31.6 Å². The Labute approximate surface area is 124 Å². The number of piperidine rings is 1. The maximum Gasteiger partial charge on any atom is 0.326 e. The highest BCUT2D eigenvalue weighted by Gasteiger charge is 2.41. The van der Waals surface area contributed by atoms with E-state index in [1.165, 1.54) is 0 Å². The Morgan fingerprint density at radius 1 is 1.45 bits per heavy atom.